The van der Waals surface area contributed by atoms with Gasteiger partial charge in [-0.05, 0) is 59.0 Å². The van der Waals surface area contributed by atoms with E-state index in [1.165, 1.54) is 23.3 Å². The number of nitrogens with one attached hydrogen (secondary N) is 1. The summed E-state index contributed by atoms with van der Waals surface area (Å²) in [6, 6.07) is 14.7. The zero-order chi connectivity index (χ0) is 19.3. The van der Waals surface area contributed by atoms with Crippen LogP contribution in [0.3, 0.4) is 0 Å². The summed E-state index contributed by atoms with van der Waals surface area (Å²) in [5.41, 5.74) is 5.51. The Morgan fingerprint density at radius 1 is 1.11 bits per heavy atom. The zero-order valence-corrected chi connectivity index (χ0v) is 15.8. The second-order valence-corrected chi connectivity index (χ2v) is 6.89. The predicted octanol–water partition coefficient (Wildman–Crippen LogP) is 4.30. The van der Waals surface area contributed by atoms with Gasteiger partial charge in [-0.2, -0.15) is 0 Å². The summed E-state index contributed by atoms with van der Waals surface area (Å²) in [6.45, 7) is 2.12. The third-order valence-corrected chi connectivity index (χ3v) is 5.02. The molecule has 1 unspecified atom stereocenters. The highest BCUT2D eigenvalue weighted by molar-refractivity contribution is 5.62. The van der Waals surface area contributed by atoms with Crippen molar-refractivity contribution < 1.29 is 13.9 Å². The van der Waals surface area contributed by atoms with Gasteiger partial charge in [-0.1, -0.05) is 18.2 Å². The van der Waals surface area contributed by atoms with Crippen LogP contribution in [0.5, 0.6) is 5.75 Å². The van der Waals surface area contributed by atoms with Crippen molar-refractivity contribution in [2.45, 2.75) is 19.1 Å². The molecule has 0 spiro atoms. The molecule has 0 radical (unpaired) electrons. The van der Waals surface area contributed by atoms with Crippen molar-refractivity contribution in [3.05, 3.63) is 83.4 Å². The molecule has 0 amide bonds. The first-order valence-corrected chi connectivity index (χ1v) is 9.42. The SMILES string of the molecule is COc1ccc2c(c1)C(CNCc1cncc(-c3ccc(F)cc3)c1)OCC2. The van der Waals surface area contributed by atoms with E-state index in [2.05, 4.69) is 28.5 Å². The third kappa shape index (κ3) is 4.21. The average molecular weight is 378 g/mol. The topological polar surface area (TPSA) is 43.4 Å². The van der Waals surface area contributed by atoms with Crippen molar-refractivity contribution in [3.63, 3.8) is 0 Å². The number of fused-ring (bicyclic) bond motifs is 1. The Morgan fingerprint density at radius 2 is 1.96 bits per heavy atom. The van der Waals surface area contributed by atoms with Crippen molar-refractivity contribution in [1.29, 1.82) is 0 Å². The molecule has 3 aromatic rings. The quantitative estimate of drug-likeness (QED) is 0.695. The Morgan fingerprint density at radius 3 is 2.79 bits per heavy atom. The molecule has 4 nitrogen and oxygen atoms in total. The van der Waals surface area contributed by atoms with Crippen LogP contribution < -0.4 is 10.1 Å². The normalized spacial score (nSPS) is 15.9. The van der Waals surface area contributed by atoms with Gasteiger partial charge in [-0.15, -0.1) is 0 Å². The Labute approximate surface area is 164 Å². The molecular formula is C23H23FN2O2. The Hall–Kier alpha value is -2.76. The summed E-state index contributed by atoms with van der Waals surface area (Å²) in [6.07, 6.45) is 4.58. The van der Waals surface area contributed by atoms with Gasteiger partial charge in [0.2, 0.25) is 0 Å². The van der Waals surface area contributed by atoms with Crippen LogP contribution in [0.15, 0.2) is 60.9 Å². The number of nitrogens with zero attached hydrogens (tertiary/aromatic N) is 1. The molecule has 0 saturated carbocycles. The maximum absolute atomic E-state index is 13.1. The number of benzene rings is 2. The molecule has 4 rings (SSSR count). The molecule has 0 bridgehead atoms. The summed E-state index contributed by atoms with van der Waals surface area (Å²) in [5, 5.41) is 3.47. The second-order valence-electron chi connectivity index (χ2n) is 6.89. The minimum Gasteiger partial charge on any atom is -0.497 e. The highest BCUT2D eigenvalue weighted by atomic mass is 19.1. The van der Waals surface area contributed by atoms with E-state index in [-0.39, 0.29) is 11.9 Å². The number of hydrogen-bond acceptors (Lipinski definition) is 4. The standard InChI is InChI=1S/C23H23FN2O2/c1-27-21-7-4-18-8-9-28-23(22(18)11-21)15-26-13-16-10-19(14-25-12-16)17-2-5-20(24)6-3-17/h2-7,10-12,14,23,26H,8-9,13,15H2,1H3. The van der Waals surface area contributed by atoms with E-state index in [1.807, 2.05) is 12.3 Å². The van der Waals surface area contributed by atoms with E-state index >= 15 is 0 Å². The Balaban J connectivity index is 1.41. The van der Waals surface area contributed by atoms with Gasteiger partial charge in [-0.3, -0.25) is 4.98 Å². The number of hydrogen-bond donors (Lipinski definition) is 1. The number of rotatable bonds is 6. The first kappa shape index (κ1) is 18.6. The molecule has 2 aromatic carbocycles. The molecule has 144 valence electrons. The first-order chi connectivity index (χ1) is 13.7. The highest BCUT2D eigenvalue weighted by Crippen LogP contribution is 2.30. The molecule has 1 aromatic heterocycles. The van der Waals surface area contributed by atoms with E-state index in [4.69, 9.17) is 9.47 Å². The molecule has 5 heteroatoms. The lowest BCUT2D eigenvalue weighted by molar-refractivity contribution is 0.0421. The van der Waals surface area contributed by atoms with Crippen molar-refractivity contribution in [2.75, 3.05) is 20.3 Å². The van der Waals surface area contributed by atoms with Crippen LogP contribution in [-0.4, -0.2) is 25.2 Å². The van der Waals surface area contributed by atoms with E-state index in [0.29, 0.717) is 13.1 Å². The molecule has 1 N–H and O–H groups in total. The van der Waals surface area contributed by atoms with Gasteiger partial charge in [0.1, 0.15) is 11.6 Å². The van der Waals surface area contributed by atoms with Crippen LogP contribution in [0.4, 0.5) is 4.39 Å². The fourth-order valence-electron chi connectivity index (χ4n) is 3.53. The number of aromatic nitrogens is 1. The molecule has 2 heterocycles. The summed E-state index contributed by atoms with van der Waals surface area (Å²) in [5.74, 6) is 0.615. The van der Waals surface area contributed by atoms with E-state index < -0.39 is 0 Å². The number of halogens is 1. The maximum Gasteiger partial charge on any atom is 0.123 e. The van der Waals surface area contributed by atoms with Crippen molar-refractivity contribution in [1.82, 2.24) is 10.3 Å². The summed E-state index contributed by atoms with van der Waals surface area (Å²) >= 11 is 0. The third-order valence-electron chi connectivity index (χ3n) is 5.02. The van der Waals surface area contributed by atoms with E-state index in [1.54, 1.807) is 25.4 Å². The zero-order valence-electron chi connectivity index (χ0n) is 15.8. The monoisotopic (exact) mass is 378 g/mol. The molecule has 28 heavy (non-hydrogen) atoms. The molecular weight excluding hydrogens is 355 g/mol. The lowest BCUT2D eigenvalue weighted by atomic mass is 9.97. The number of ether oxygens (including phenoxy) is 2. The predicted molar refractivity (Wildman–Crippen MR) is 107 cm³/mol. The molecule has 1 atom stereocenters. The molecule has 1 aliphatic heterocycles. The molecule has 0 fully saturated rings. The van der Waals surface area contributed by atoms with Gasteiger partial charge in [0.05, 0.1) is 19.8 Å². The highest BCUT2D eigenvalue weighted by Gasteiger charge is 2.21. The van der Waals surface area contributed by atoms with Crippen molar-refractivity contribution in [2.24, 2.45) is 0 Å². The number of pyridine rings is 1. The van der Waals surface area contributed by atoms with Gasteiger partial charge in [0.25, 0.3) is 0 Å². The lowest BCUT2D eigenvalue weighted by Gasteiger charge is -2.27. The van der Waals surface area contributed by atoms with E-state index in [9.17, 15) is 4.39 Å². The van der Waals surface area contributed by atoms with Crippen LogP contribution in [0, 0.1) is 5.82 Å². The van der Waals surface area contributed by atoms with Crippen LogP contribution in [0.1, 0.15) is 22.8 Å². The number of methoxy groups -OCH3 is 1. The van der Waals surface area contributed by atoms with Gasteiger partial charge in [-0.25, -0.2) is 4.39 Å². The van der Waals surface area contributed by atoms with Crippen LogP contribution in [0.25, 0.3) is 11.1 Å². The van der Waals surface area contributed by atoms with E-state index in [0.717, 1.165) is 35.5 Å². The lowest BCUT2D eigenvalue weighted by Crippen LogP contribution is -2.27. The molecule has 1 aliphatic rings. The average Bonchev–Trinajstić information content (AvgIpc) is 2.74. The van der Waals surface area contributed by atoms with Crippen molar-refractivity contribution in [3.8, 4) is 16.9 Å². The summed E-state index contributed by atoms with van der Waals surface area (Å²) in [4.78, 5) is 4.33. The fourth-order valence-corrected chi connectivity index (χ4v) is 3.53. The maximum atomic E-state index is 13.1. The molecule has 0 aliphatic carbocycles. The van der Waals surface area contributed by atoms with Gasteiger partial charge >= 0.3 is 0 Å². The smallest absolute Gasteiger partial charge is 0.123 e. The molecule has 0 saturated heterocycles. The first-order valence-electron chi connectivity index (χ1n) is 9.42. The largest absolute Gasteiger partial charge is 0.497 e. The van der Waals surface area contributed by atoms with Crippen LogP contribution in [0.2, 0.25) is 0 Å². The summed E-state index contributed by atoms with van der Waals surface area (Å²) in [7, 11) is 1.68. The van der Waals surface area contributed by atoms with Gasteiger partial charge in [0, 0.05) is 31.0 Å². The fraction of sp³-hybridized carbons (Fsp3) is 0.261. The minimum atomic E-state index is -0.237. The summed E-state index contributed by atoms with van der Waals surface area (Å²) < 4.78 is 24.5. The van der Waals surface area contributed by atoms with Crippen LogP contribution in [-0.2, 0) is 17.7 Å². The van der Waals surface area contributed by atoms with Crippen LogP contribution >= 0.6 is 0 Å². The minimum absolute atomic E-state index is 0.00657. The second kappa shape index (κ2) is 8.50. The van der Waals surface area contributed by atoms with Gasteiger partial charge in [0.15, 0.2) is 0 Å². The Bertz CT molecular complexity index is 944. The van der Waals surface area contributed by atoms with Gasteiger partial charge < -0.3 is 14.8 Å². The Kier molecular flexibility index (Phi) is 5.65. The van der Waals surface area contributed by atoms with Crippen molar-refractivity contribution >= 4 is 0 Å².